The third kappa shape index (κ3) is 3.90. The van der Waals surface area contributed by atoms with Crippen LogP contribution in [0.25, 0.3) is 0 Å². The van der Waals surface area contributed by atoms with Crippen LogP contribution in [0.1, 0.15) is 67.1 Å². The number of carbonyl (C=O) groups excluding carboxylic acids is 1. The fourth-order valence-corrected chi connectivity index (χ4v) is 4.20. The summed E-state index contributed by atoms with van der Waals surface area (Å²) in [4.78, 5) is 14.6. The van der Waals surface area contributed by atoms with Gasteiger partial charge in [-0.1, -0.05) is 25.1 Å². The van der Waals surface area contributed by atoms with E-state index >= 15 is 0 Å². The summed E-state index contributed by atoms with van der Waals surface area (Å²) in [5.41, 5.74) is 8.27. The van der Waals surface area contributed by atoms with E-state index in [1.807, 2.05) is 18.2 Å². The summed E-state index contributed by atoms with van der Waals surface area (Å²) < 4.78 is 0. The van der Waals surface area contributed by atoms with Gasteiger partial charge < -0.3 is 4.90 Å². The number of benzene rings is 2. The molecule has 1 atom stereocenters. The van der Waals surface area contributed by atoms with Gasteiger partial charge in [0.1, 0.15) is 0 Å². The number of rotatable bonds is 4. The van der Waals surface area contributed by atoms with Gasteiger partial charge >= 0.3 is 0 Å². The van der Waals surface area contributed by atoms with E-state index < -0.39 is 0 Å². The zero-order chi connectivity index (χ0) is 19.6. The molecule has 2 aromatic carbocycles. The number of amides is 1. The van der Waals surface area contributed by atoms with Crippen LogP contribution < -0.4 is 10.3 Å². The minimum atomic E-state index is -0.199. The highest BCUT2D eigenvalue weighted by molar-refractivity contribution is 5.95. The number of nitrogens with zero attached hydrogens (tertiary/aromatic N) is 2. The maximum Gasteiger partial charge on any atom is 0.271 e. The van der Waals surface area contributed by atoms with Gasteiger partial charge in [-0.05, 0) is 81.0 Å². The van der Waals surface area contributed by atoms with E-state index in [4.69, 9.17) is 0 Å². The highest BCUT2D eigenvalue weighted by Gasteiger charge is 2.35. The van der Waals surface area contributed by atoms with Crippen LogP contribution >= 0.6 is 0 Å². The van der Waals surface area contributed by atoms with Crippen LogP contribution in [-0.2, 0) is 0 Å². The summed E-state index contributed by atoms with van der Waals surface area (Å²) in [7, 11) is 0. The van der Waals surface area contributed by atoms with Crippen molar-refractivity contribution < 1.29 is 4.79 Å². The van der Waals surface area contributed by atoms with Crippen LogP contribution in [0, 0.1) is 6.92 Å². The van der Waals surface area contributed by atoms with Crippen molar-refractivity contribution in [2.24, 2.45) is 5.10 Å². The standard InChI is InChI=1S/C23H29N3O/c1-6-26-21-12-16(2)19(13-20(21)17(3)14-23(26,4)5)15-24-25-22(27)18-10-8-7-9-11-18/h7-13,15,17H,6,14H2,1-5H3,(H,25,27)/b24-15-. The third-order valence-corrected chi connectivity index (χ3v) is 5.50. The molecule has 0 saturated carbocycles. The largest absolute Gasteiger partial charge is 0.366 e. The molecular formula is C23H29N3O. The predicted molar refractivity (Wildman–Crippen MR) is 113 cm³/mol. The summed E-state index contributed by atoms with van der Waals surface area (Å²) in [5, 5.41) is 4.18. The lowest BCUT2D eigenvalue weighted by Crippen LogP contribution is -2.48. The molecule has 1 heterocycles. The Kier molecular flexibility index (Phi) is 5.36. The Bertz CT molecular complexity index is 855. The van der Waals surface area contributed by atoms with Gasteiger partial charge in [0, 0.05) is 23.3 Å². The van der Waals surface area contributed by atoms with Crippen molar-refractivity contribution in [1.82, 2.24) is 5.43 Å². The molecule has 2 aromatic rings. The van der Waals surface area contributed by atoms with Crippen molar-refractivity contribution >= 4 is 17.8 Å². The van der Waals surface area contributed by atoms with Gasteiger partial charge in [-0.2, -0.15) is 5.10 Å². The van der Waals surface area contributed by atoms with Gasteiger partial charge in [-0.3, -0.25) is 4.79 Å². The summed E-state index contributed by atoms with van der Waals surface area (Å²) in [6.45, 7) is 12.2. The van der Waals surface area contributed by atoms with Crippen molar-refractivity contribution in [1.29, 1.82) is 0 Å². The molecule has 4 nitrogen and oxygen atoms in total. The number of anilines is 1. The third-order valence-electron chi connectivity index (χ3n) is 5.50. The molecule has 142 valence electrons. The topological polar surface area (TPSA) is 44.7 Å². The van der Waals surface area contributed by atoms with Gasteiger partial charge in [-0.25, -0.2) is 5.43 Å². The van der Waals surface area contributed by atoms with E-state index in [1.54, 1.807) is 18.3 Å². The molecule has 0 aliphatic carbocycles. The quantitative estimate of drug-likeness (QED) is 0.622. The monoisotopic (exact) mass is 363 g/mol. The van der Waals surface area contributed by atoms with E-state index in [2.05, 4.69) is 62.2 Å². The van der Waals surface area contributed by atoms with E-state index in [9.17, 15) is 4.79 Å². The first-order valence-corrected chi connectivity index (χ1v) is 9.64. The molecule has 0 bridgehead atoms. The molecule has 0 spiro atoms. The molecule has 1 N–H and O–H groups in total. The average Bonchev–Trinajstić information content (AvgIpc) is 2.63. The van der Waals surface area contributed by atoms with Crippen LogP contribution in [-0.4, -0.2) is 24.2 Å². The second-order valence-corrected chi connectivity index (χ2v) is 7.99. The molecule has 1 amide bonds. The summed E-state index contributed by atoms with van der Waals surface area (Å²) in [6.07, 6.45) is 2.87. The summed E-state index contributed by atoms with van der Waals surface area (Å²) in [5.74, 6) is 0.291. The Hall–Kier alpha value is -2.62. The SMILES string of the molecule is CCN1c2cc(C)c(/C=N\NC(=O)c3ccccc3)cc2C(C)CC1(C)C. The Morgan fingerprint density at radius 1 is 1.30 bits per heavy atom. The molecule has 0 fully saturated rings. The van der Waals surface area contributed by atoms with Crippen LogP contribution in [0.3, 0.4) is 0 Å². The predicted octanol–water partition coefficient (Wildman–Crippen LogP) is 4.87. The van der Waals surface area contributed by atoms with E-state index in [0.717, 1.165) is 24.1 Å². The number of hydrazone groups is 1. The molecule has 1 aliphatic rings. The number of aryl methyl sites for hydroxylation is 1. The van der Waals surface area contributed by atoms with Gasteiger partial charge in [0.15, 0.2) is 0 Å². The number of carbonyl (C=O) groups is 1. The number of nitrogens with one attached hydrogen (secondary N) is 1. The minimum absolute atomic E-state index is 0.160. The first kappa shape index (κ1) is 19.2. The van der Waals surface area contributed by atoms with Gasteiger partial charge in [0.2, 0.25) is 0 Å². The summed E-state index contributed by atoms with van der Waals surface area (Å²) >= 11 is 0. The van der Waals surface area contributed by atoms with Gasteiger partial charge in [-0.15, -0.1) is 0 Å². The zero-order valence-electron chi connectivity index (χ0n) is 16.9. The highest BCUT2D eigenvalue weighted by Crippen LogP contribution is 2.43. The lowest BCUT2D eigenvalue weighted by Gasteiger charge is -2.47. The van der Waals surface area contributed by atoms with Crippen LogP contribution in [0.5, 0.6) is 0 Å². The lowest BCUT2D eigenvalue weighted by atomic mass is 9.79. The smallest absolute Gasteiger partial charge is 0.271 e. The second kappa shape index (κ2) is 7.55. The maximum atomic E-state index is 12.1. The van der Waals surface area contributed by atoms with E-state index in [1.165, 1.54) is 11.3 Å². The number of hydrogen-bond donors (Lipinski definition) is 1. The van der Waals surface area contributed by atoms with E-state index in [-0.39, 0.29) is 11.4 Å². The van der Waals surface area contributed by atoms with Crippen molar-refractivity contribution in [3.63, 3.8) is 0 Å². The first-order valence-electron chi connectivity index (χ1n) is 9.64. The van der Waals surface area contributed by atoms with Crippen LogP contribution in [0.4, 0.5) is 5.69 Å². The Morgan fingerprint density at radius 2 is 2.00 bits per heavy atom. The van der Waals surface area contributed by atoms with Gasteiger partial charge in [0.05, 0.1) is 6.21 Å². The molecule has 0 saturated heterocycles. The normalized spacial score (nSPS) is 18.4. The van der Waals surface area contributed by atoms with Crippen LogP contribution in [0.15, 0.2) is 47.6 Å². The van der Waals surface area contributed by atoms with Crippen molar-refractivity contribution in [3.8, 4) is 0 Å². The Labute approximate surface area is 162 Å². The molecule has 0 radical (unpaired) electrons. The molecule has 4 heteroatoms. The fraction of sp³-hybridized carbons (Fsp3) is 0.391. The fourth-order valence-electron chi connectivity index (χ4n) is 4.20. The van der Waals surface area contributed by atoms with Crippen molar-refractivity contribution in [2.45, 2.75) is 52.5 Å². The molecule has 0 aromatic heterocycles. The highest BCUT2D eigenvalue weighted by atomic mass is 16.2. The molecule has 27 heavy (non-hydrogen) atoms. The molecule has 1 aliphatic heterocycles. The minimum Gasteiger partial charge on any atom is -0.366 e. The molecule has 3 rings (SSSR count). The Morgan fingerprint density at radius 3 is 2.67 bits per heavy atom. The van der Waals surface area contributed by atoms with Crippen LogP contribution in [0.2, 0.25) is 0 Å². The lowest BCUT2D eigenvalue weighted by molar-refractivity contribution is 0.0955. The van der Waals surface area contributed by atoms with Crippen molar-refractivity contribution in [3.05, 3.63) is 64.7 Å². The second-order valence-electron chi connectivity index (χ2n) is 7.99. The maximum absolute atomic E-state index is 12.1. The average molecular weight is 364 g/mol. The van der Waals surface area contributed by atoms with Crippen molar-refractivity contribution in [2.75, 3.05) is 11.4 Å². The zero-order valence-corrected chi connectivity index (χ0v) is 16.9. The van der Waals surface area contributed by atoms with E-state index in [0.29, 0.717) is 11.5 Å². The molecule has 1 unspecified atom stereocenters. The molecular weight excluding hydrogens is 334 g/mol. The number of fused-ring (bicyclic) bond motifs is 1. The summed E-state index contributed by atoms with van der Waals surface area (Å²) in [6, 6.07) is 13.6. The first-order chi connectivity index (χ1) is 12.8. The Balaban J connectivity index is 1.84. The number of hydrogen-bond acceptors (Lipinski definition) is 3. The van der Waals surface area contributed by atoms with Gasteiger partial charge in [0.25, 0.3) is 5.91 Å².